The van der Waals surface area contributed by atoms with Gasteiger partial charge in [-0.25, -0.2) is 4.79 Å². The number of hydrogen-bond acceptors (Lipinski definition) is 5. The Bertz CT molecular complexity index is 495. The van der Waals surface area contributed by atoms with E-state index in [1.54, 1.807) is 20.3 Å². The summed E-state index contributed by atoms with van der Waals surface area (Å²) in [5, 5.41) is 2.70. The molecule has 6 nitrogen and oxygen atoms in total. The van der Waals surface area contributed by atoms with Crippen molar-refractivity contribution in [1.29, 1.82) is 0 Å². The lowest BCUT2D eigenvalue weighted by Crippen LogP contribution is -2.33. The van der Waals surface area contributed by atoms with Gasteiger partial charge in [0.15, 0.2) is 0 Å². The molecule has 1 aromatic carbocycles. The molecule has 0 bridgehead atoms. The van der Waals surface area contributed by atoms with E-state index in [1.807, 2.05) is 26.8 Å². The van der Waals surface area contributed by atoms with Crippen molar-refractivity contribution in [3.63, 3.8) is 0 Å². The molecule has 0 aliphatic rings. The van der Waals surface area contributed by atoms with Gasteiger partial charge in [-0.3, -0.25) is 0 Å². The van der Waals surface area contributed by atoms with Gasteiger partial charge < -0.3 is 25.3 Å². The molecule has 0 saturated carbocycles. The van der Waals surface area contributed by atoms with E-state index in [0.29, 0.717) is 30.2 Å². The molecule has 0 aliphatic heterocycles. The number of rotatable bonds is 5. The molecule has 3 N–H and O–H groups in total. The summed E-state index contributed by atoms with van der Waals surface area (Å²) in [5.74, 6) is 1.25. The number of carbonyl (C=O) groups excluding carboxylic acids is 1. The second-order valence-corrected chi connectivity index (χ2v) is 5.58. The summed E-state index contributed by atoms with van der Waals surface area (Å²) in [6, 6.07) is 3.52. The largest absolute Gasteiger partial charge is 0.496 e. The number of hydrogen-bond donors (Lipinski definition) is 2. The summed E-state index contributed by atoms with van der Waals surface area (Å²) in [6.07, 6.45) is 0.142. The number of amides is 1. The van der Waals surface area contributed by atoms with E-state index >= 15 is 0 Å². The maximum Gasteiger partial charge on any atom is 0.407 e. The summed E-state index contributed by atoms with van der Waals surface area (Å²) in [5.41, 5.74) is 6.73. The zero-order valence-corrected chi connectivity index (χ0v) is 13.3. The van der Waals surface area contributed by atoms with Gasteiger partial charge >= 0.3 is 6.09 Å². The van der Waals surface area contributed by atoms with E-state index in [9.17, 15) is 4.79 Å². The molecule has 0 saturated heterocycles. The second-order valence-electron chi connectivity index (χ2n) is 5.58. The van der Waals surface area contributed by atoms with Gasteiger partial charge in [0.1, 0.15) is 17.1 Å². The van der Waals surface area contributed by atoms with Gasteiger partial charge in [-0.05, 0) is 38.8 Å². The molecule has 0 aromatic heterocycles. The normalized spacial score (nSPS) is 10.9. The van der Waals surface area contributed by atoms with E-state index < -0.39 is 11.7 Å². The highest BCUT2D eigenvalue weighted by atomic mass is 16.6. The Labute approximate surface area is 125 Å². The fourth-order valence-corrected chi connectivity index (χ4v) is 1.79. The number of nitrogens with two attached hydrogens (primary N) is 1. The van der Waals surface area contributed by atoms with Crippen LogP contribution in [0.25, 0.3) is 0 Å². The van der Waals surface area contributed by atoms with Crippen LogP contribution in [0.5, 0.6) is 11.5 Å². The van der Waals surface area contributed by atoms with Gasteiger partial charge in [0.2, 0.25) is 0 Å². The first-order valence-electron chi connectivity index (χ1n) is 6.74. The Morgan fingerprint density at radius 2 is 1.81 bits per heavy atom. The Morgan fingerprint density at radius 3 is 2.33 bits per heavy atom. The van der Waals surface area contributed by atoms with Gasteiger partial charge in [-0.15, -0.1) is 0 Å². The second kappa shape index (κ2) is 7.06. The van der Waals surface area contributed by atoms with Crippen molar-refractivity contribution in [3.05, 3.63) is 17.7 Å². The van der Waals surface area contributed by atoms with Crippen LogP contribution in [-0.2, 0) is 11.2 Å². The molecule has 0 unspecified atom stereocenters. The van der Waals surface area contributed by atoms with Crippen LogP contribution in [0.1, 0.15) is 26.3 Å². The summed E-state index contributed by atoms with van der Waals surface area (Å²) in [4.78, 5) is 11.6. The van der Waals surface area contributed by atoms with E-state index in [2.05, 4.69) is 5.32 Å². The lowest BCUT2D eigenvalue weighted by Gasteiger charge is -2.20. The highest BCUT2D eigenvalue weighted by Gasteiger charge is 2.16. The summed E-state index contributed by atoms with van der Waals surface area (Å²) in [7, 11) is 3.13. The topological polar surface area (TPSA) is 82.8 Å². The zero-order chi connectivity index (χ0) is 16.0. The predicted molar refractivity (Wildman–Crippen MR) is 81.9 cm³/mol. The number of nitrogen functional groups attached to an aromatic ring is 1. The fourth-order valence-electron chi connectivity index (χ4n) is 1.79. The van der Waals surface area contributed by atoms with Crippen molar-refractivity contribution in [2.24, 2.45) is 0 Å². The lowest BCUT2D eigenvalue weighted by molar-refractivity contribution is 0.0528. The van der Waals surface area contributed by atoms with Crippen LogP contribution >= 0.6 is 0 Å². The highest BCUT2D eigenvalue weighted by molar-refractivity contribution is 5.67. The van der Waals surface area contributed by atoms with Crippen LogP contribution in [0.4, 0.5) is 10.5 Å². The van der Waals surface area contributed by atoms with Gasteiger partial charge in [0.25, 0.3) is 0 Å². The standard InChI is InChI=1S/C15H24N2O4/c1-15(2,3)21-14(18)17-7-6-10-8-13(20-5)11(16)9-12(10)19-4/h8-9H,6-7,16H2,1-5H3,(H,17,18). The van der Waals surface area contributed by atoms with Crippen LogP contribution in [-0.4, -0.2) is 32.5 Å². The number of anilines is 1. The van der Waals surface area contributed by atoms with Gasteiger partial charge in [-0.2, -0.15) is 0 Å². The number of carbonyl (C=O) groups is 1. The quantitative estimate of drug-likeness (QED) is 0.815. The van der Waals surface area contributed by atoms with Crippen molar-refractivity contribution < 1.29 is 19.0 Å². The summed E-state index contributed by atoms with van der Waals surface area (Å²) >= 11 is 0. The molecule has 21 heavy (non-hydrogen) atoms. The van der Waals surface area contributed by atoms with Crippen molar-refractivity contribution in [1.82, 2.24) is 5.32 Å². The van der Waals surface area contributed by atoms with E-state index in [4.69, 9.17) is 19.9 Å². The van der Waals surface area contributed by atoms with Crippen molar-refractivity contribution >= 4 is 11.8 Å². The SMILES string of the molecule is COc1cc(CCNC(=O)OC(C)(C)C)c(OC)cc1N. The smallest absolute Gasteiger partial charge is 0.407 e. The van der Waals surface area contributed by atoms with Gasteiger partial charge in [0.05, 0.1) is 19.9 Å². The molecule has 1 aromatic rings. The monoisotopic (exact) mass is 296 g/mol. The van der Waals surface area contributed by atoms with E-state index in [0.717, 1.165) is 5.56 Å². The first-order chi connectivity index (χ1) is 9.76. The average Bonchev–Trinajstić information content (AvgIpc) is 2.37. The maximum atomic E-state index is 11.6. The molecule has 1 rings (SSSR count). The number of nitrogens with one attached hydrogen (secondary N) is 1. The predicted octanol–water partition coefficient (Wildman–Crippen LogP) is 2.35. The molecule has 0 atom stereocenters. The fraction of sp³-hybridized carbons (Fsp3) is 0.533. The van der Waals surface area contributed by atoms with Crippen LogP contribution in [0.15, 0.2) is 12.1 Å². The zero-order valence-electron chi connectivity index (χ0n) is 13.3. The van der Waals surface area contributed by atoms with Crippen LogP contribution in [0, 0.1) is 0 Å². The molecular formula is C15H24N2O4. The molecule has 0 heterocycles. The van der Waals surface area contributed by atoms with Crippen LogP contribution in [0.2, 0.25) is 0 Å². The number of ether oxygens (including phenoxy) is 3. The Hall–Kier alpha value is -2.11. The minimum absolute atomic E-state index is 0.429. The summed E-state index contributed by atoms with van der Waals surface area (Å²) < 4.78 is 15.6. The third kappa shape index (κ3) is 5.41. The molecule has 0 aliphatic carbocycles. The van der Waals surface area contributed by atoms with Crippen molar-refractivity contribution in [2.75, 3.05) is 26.5 Å². The molecule has 118 valence electrons. The van der Waals surface area contributed by atoms with Crippen LogP contribution < -0.4 is 20.5 Å². The molecule has 1 amide bonds. The minimum Gasteiger partial charge on any atom is -0.496 e. The van der Waals surface area contributed by atoms with E-state index in [-0.39, 0.29) is 0 Å². The summed E-state index contributed by atoms with van der Waals surface area (Å²) in [6.45, 7) is 5.89. The maximum absolute atomic E-state index is 11.6. The third-order valence-corrected chi connectivity index (χ3v) is 2.70. The van der Waals surface area contributed by atoms with Crippen molar-refractivity contribution in [3.8, 4) is 11.5 Å². The number of benzene rings is 1. The Kier molecular flexibility index (Phi) is 5.69. The molecule has 6 heteroatoms. The Balaban J connectivity index is 2.65. The average molecular weight is 296 g/mol. The van der Waals surface area contributed by atoms with Gasteiger partial charge in [-0.1, -0.05) is 0 Å². The first-order valence-corrected chi connectivity index (χ1v) is 6.74. The van der Waals surface area contributed by atoms with E-state index in [1.165, 1.54) is 0 Å². The lowest BCUT2D eigenvalue weighted by atomic mass is 10.1. The molecule has 0 spiro atoms. The van der Waals surface area contributed by atoms with Crippen LogP contribution in [0.3, 0.4) is 0 Å². The number of alkyl carbamates (subject to hydrolysis) is 1. The molecular weight excluding hydrogens is 272 g/mol. The molecule has 0 radical (unpaired) electrons. The van der Waals surface area contributed by atoms with Crippen molar-refractivity contribution in [2.45, 2.75) is 32.8 Å². The van der Waals surface area contributed by atoms with Gasteiger partial charge in [0, 0.05) is 12.6 Å². The number of methoxy groups -OCH3 is 2. The highest BCUT2D eigenvalue weighted by Crippen LogP contribution is 2.30. The molecule has 0 fully saturated rings. The third-order valence-electron chi connectivity index (χ3n) is 2.70. The minimum atomic E-state index is -0.508. The first kappa shape index (κ1) is 16.9. The Morgan fingerprint density at radius 1 is 1.19 bits per heavy atom.